The molecule has 1 unspecified atom stereocenters. The molecule has 0 N–H and O–H groups in total. The van der Waals surface area contributed by atoms with E-state index in [-0.39, 0.29) is 11.4 Å². The van der Waals surface area contributed by atoms with Crippen molar-refractivity contribution in [3.8, 4) is 0 Å². The quantitative estimate of drug-likeness (QED) is 0.736. The molecule has 2 aliphatic rings. The standard InChI is InChI=1S/C24H25NO3S/c1-17-8-12-20(13-9-17)23-22(19-6-4-3-5-7-19)16-25(24(23)26)29(27,28)21-14-10-18(2)11-15-21/h3-7,10-12,14-15,17H,8-9,13,16H2,1-2H3. The second kappa shape index (κ2) is 7.64. The molecule has 1 heterocycles. The molecule has 5 heteroatoms. The van der Waals surface area contributed by atoms with Crippen molar-refractivity contribution in [2.75, 3.05) is 6.54 Å². The zero-order chi connectivity index (χ0) is 20.6. The van der Waals surface area contributed by atoms with Crippen LogP contribution in [0.25, 0.3) is 5.57 Å². The van der Waals surface area contributed by atoms with Crippen molar-refractivity contribution >= 4 is 21.5 Å². The van der Waals surface area contributed by atoms with Crippen LogP contribution >= 0.6 is 0 Å². The molecule has 1 aliphatic carbocycles. The van der Waals surface area contributed by atoms with E-state index in [0.717, 1.165) is 45.8 Å². The lowest BCUT2D eigenvalue weighted by molar-refractivity contribution is -0.121. The van der Waals surface area contributed by atoms with Crippen LogP contribution in [-0.4, -0.2) is 25.2 Å². The van der Waals surface area contributed by atoms with Gasteiger partial charge in [-0.1, -0.05) is 61.0 Å². The first-order chi connectivity index (χ1) is 13.9. The molecule has 29 heavy (non-hydrogen) atoms. The Labute approximate surface area is 172 Å². The summed E-state index contributed by atoms with van der Waals surface area (Å²) >= 11 is 0. The van der Waals surface area contributed by atoms with Gasteiger partial charge in [-0.15, -0.1) is 0 Å². The van der Waals surface area contributed by atoms with Crippen molar-refractivity contribution in [3.63, 3.8) is 0 Å². The van der Waals surface area contributed by atoms with Crippen LogP contribution in [0.3, 0.4) is 0 Å². The van der Waals surface area contributed by atoms with Gasteiger partial charge < -0.3 is 0 Å². The number of hydrogen-bond donors (Lipinski definition) is 0. The largest absolute Gasteiger partial charge is 0.268 e. The number of nitrogens with zero attached hydrogens (tertiary/aromatic N) is 1. The highest BCUT2D eigenvalue weighted by molar-refractivity contribution is 7.89. The predicted molar refractivity (Wildman–Crippen MR) is 115 cm³/mol. The number of allylic oxidation sites excluding steroid dienone is 1. The van der Waals surface area contributed by atoms with E-state index in [4.69, 9.17) is 0 Å². The molecule has 1 aliphatic heterocycles. The summed E-state index contributed by atoms with van der Waals surface area (Å²) in [7, 11) is -3.91. The Hall–Kier alpha value is -2.66. The first-order valence-electron chi connectivity index (χ1n) is 9.99. The van der Waals surface area contributed by atoms with E-state index in [9.17, 15) is 13.2 Å². The average molecular weight is 408 g/mol. The lowest BCUT2D eigenvalue weighted by atomic mass is 9.85. The maximum atomic E-state index is 13.4. The second-order valence-electron chi connectivity index (χ2n) is 7.96. The van der Waals surface area contributed by atoms with Gasteiger partial charge in [0.2, 0.25) is 0 Å². The van der Waals surface area contributed by atoms with Crippen LogP contribution in [0.2, 0.25) is 0 Å². The first-order valence-corrected chi connectivity index (χ1v) is 11.4. The lowest BCUT2D eigenvalue weighted by Crippen LogP contribution is -2.34. The third-order valence-corrected chi connectivity index (χ3v) is 7.51. The van der Waals surface area contributed by atoms with Gasteiger partial charge in [0, 0.05) is 5.57 Å². The molecule has 0 saturated carbocycles. The van der Waals surface area contributed by atoms with Crippen molar-refractivity contribution in [2.45, 2.75) is 38.0 Å². The zero-order valence-corrected chi connectivity index (χ0v) is 17.6. The molecule has 0 fully saturated rings. The van der Waals surface area contributed by atoms with Crippen molar-refractivity contribution in [1.29, 1.82) is 0 Å². The molecule has 2 aromatic carbocycles. The lowest BCUT2D eigenvalue weighted by Gasteiger charge is -2.20. The van der Waals surface area contributed by atoms with Crippen molar-refractivity contribution in [1.82, 2.24) is 4.31 Å². The number of sulfonamides is 1. The summed E-state index contributed by atoms with van der Waals surface area (Å²) in [6.07, 6.45) is 4.84. The Morgan fingerprint density at radius 2 is 1.69 bits per heavy atom. The minimum atomic E-state index is -3.91. The van der Waals surface area contributed by atoms with Crippen LogP contribution in [0.5, 0.6) is 0 Å². The molecule has 4 rings (SSSR count). The summed E-state index contributed by atoms with van der Waals surface area (Å²) in [5, 5.41) is 0. The summed E-state index contributed by atoms with van der Waals surface area (Å²) in [6, 6.07) is 16.3. The first kappa shape index (κ1) is 19.6. The molecule has 0 radical (unpaired) electrons. The average Bonchev–Trinajstić information content (AvgIpc) is 3.07. The number of rotatable bonds is 4. The SMILES string of the molecule is Cc1ccc(S(=O)(=O)N2CC(c3ccccc3)=C(C3=CCC(C)CC3)C2=O)cc1. The van der Waals surface area contributed by atoms with Gasteiger partial charge >= 0.3 is 0 Å². The van der Waals surface area contributed by atoms with Gasteiger partial charge in [-0.3, -0.25) is 4.79 Å². The molecule has 1 amide bonds. The van der Waals surface area contributed by atoms with Crippen molar-refractivity contribution < 1.29 is 13.2 Å². The number of benzene rings is 2. The predicted octanol–water partition coefficient (Wildman–Crippen LogP) is 4.73. The molecule has 0 bridgehead atoms. The molecule has 0 saturated heterocycles. The smallest absolute Gasteiger partial charge is 0.268 e. The van der Waals surface area contributed by atoms with Gasteiger partial charge in [-0.25, -0.2) is 12.7 Å². The van der Waals surface area contributed by atoms with Gasteiger partial charge in [0.15, 0.2) is 0 Å². The third kappa shape index (κ3) is 3.67. The summed E-state index contributed by atoms with van der Waals surface area (Å²) in [5.74, 6) is 0.175. The molecular formula is C24H25NO3S. The van der Waals surface area contributed by atoms with Gasteiger partial charge in [0.05, 0.1) is 11.4 Å². The highest BCUT2D eigenvalue weighted by Gasteiger charge is 2.40. The second-order valence-corrected chi connectivity index (χ2v) is 9.82. The van der Waals surface area contributed by atoms with Gasteiger partial charge in [-0.2, -0.15) is 0 Å². The Balaban J connectivity index is 1.78. The summed E-state index contributed by atoms with van der Waals surface area (Å²) in [5.41, 5.74) is 4.22. The molecule has 1 atom stereocenters. The highest BCUT2D eigenvalue weighted by atomic mass is 32.2. The van der Waals surface area contributed by atoms with Crippen LogP contribution in [0.4, 0.5) is 0 Å². The van der Waals surface area contributed by atoms with Crippen molar-refractivity contribution in [2.24, 2.45) is 5.92 Å². The van der Waals surface area contributed by atoms with Crippen LogP contribution in [0.1, 0.15) is 37.3 Å². The molecular weight excluding hydrogens is 382 g/mol. The fourth-order valence-corrected chi connectivity index (χ4v) is 5.32. The van der Waals surface area contributed by atoms with Crippen molar-refractivity contribution in [3.05, 3.63) is 82.9 Å². The molecule has 0 aromatic heterocycles. The number of amides is 1. The molecule has 4 nitrogen and oxygen atoms in total. The number of carbonyl (C=O) groups excluding carboxylic acids is 1. The van der Waals surface area contributed by atoms with E-state index >= 15 is 0 Å². The number of aryl methyl sites for hydroxylation is 1. The topological polar surface area (TPSA) is 54.5 Å². The summed E-state index contributed by atoms with van der Waals surface area (Å²) in [6.45, 7) is 4.17. The van der Waals surface area contributed by atoms with Gasteiger partial charge in [0.1, 0.15) is 0 Å². The number of hydrogen-bond acceptors (Lipinski definition) is 3. The zero-order valence-electron chi connectivity index (χ0n) is 16.8. The fraction of sp³-hybridized carbons (Fsp3) is 0.292. The number of carbonyl (C=O) groups is 1. The minimum absolute atomic E-state index is 0.0707. The van der Waals surface area contributed by atoms with E-state index < -0.39 is 15.9 Å². The molecule has 150 valence electrons. The van der Waals surface area contributed by atoms with Crippen LogP contribution in [-0.2, 0) is 14.8 Å². The minimum Gasteiger partial charge on any atom is -0.268 e. The van der Waals surface area contributed by atoms with E-state index in [1.165, 1.54) is 0 Å². The van der Waals surface area contributed by atoms with E-state index in [1.54, 1.807) is 24.3 Å². The Bertz CT molecular complexity index is 1100. The maximum absolute atomic E-state index is 13.4. The van der Waals surface area contributed by atoms with E-state index in [1.807, 2.05) is 37.3 Å². The van der Waals surface area contributed by atoms with E-state index in [2.05, 4.69) is 13.0 Å². The van der Waals surface area contributed by atoms with Gasteiger partial charge in [-0.05, 0) is 60.9 Å². The third-order valence-electron chi connectivity index (χ3n) is 5.77. The molecule has 0 spiro atoms. The Morgan fingerprint density at radius 3 is 2.31 bits per heavy atom. The Kier molecular flexibility index (Phi) is 5.17. The fourth-order valence-electron chi connectivity index (χ4n) is 3.98. The highest BCUT2D eigenvalue weighted by Crippen LogP contribution is 2.39. The van der Waals surface area contributed by atoms with Crippen LogP contribution in [0, 0.1) is 12.8 Å². The maximum Gasteiger partial charge on any atom is 0.268 e. The van der Waals surface area contributed by atoms with Gasteiger partial charge in [0.25, 0.3) is 15.9 Å². The monoisotopic (exact) mass is 407 g/mol. The Morgan fingerprint density at radius 1 is 1.00 bits per heavy atom. The normalized spacial score (nSPS) is 20.2. The molecule has 2 aromatic rings. The van der Waals surface area contributed by atoms with E-state index in [0.29, 0.717) is 11.5 Å². The summed E-state index contributed by atoms with van der Waals surface area (Å²) < 4.78 is 27.6. The van der Waals surface area contributed by atoms with Crippen LogP contribution < -0.4 is 0 Å². The van der Waals surface area contributed by atoms with Crippen LogP contribution in [0.15, 0.2) is 76.7 Å². The summed E-state index contributed by atoms with van der Waals surface area (Å²) in [4.78, 5) is 13.6.